The standard InChI is InChI=1S/C11H13BrN2O2S/c1-7-11(16)14(6-10(15)13-7)5-4-8-2-3-9(12)17-8/h2-3,7H,4-6H2,1H3,(H,13,15). The van der Waals surface area contributed by atoms with Gasteiger partial charge >= 0.3 is 0 Å². The molecule has 2 rings (SSSR count). The molecule has 1 aromatic rings. The summed E-state index contributed by atoms with van der Waals surface area (Å²) in [7, 11) is 0. The van der Waals surface area contributed by atoms with E-state index < -0.39 is 6.04 Å². The minimum Gasteiger partial charge on any atom is -0.343 e. The van der Waals surface area contributed by atoms with E-state index in [0.717, 1.165) is 10.2 Å². The van der Waals surface area contributed by atoms with Gasteiger partial charge in [0.25, 0.3) is 0 Å². The SMILES string of the molecule is CC1NC(=O)CN(CCc2ccc(Br)s2)C1=O. The van der Waals surface area contributed by atoms with Crippen LogP contribution in [0.1, 0.15) is 11.8 Å². The molecular weight excluding hydrogens is 304 g/mol. The van der Waals surface area contributed by atoms with Crippen LogP contribution >= 0.6 is 27.3 Å². The highest BCUT2D eigenvalue weighted by molar-refractivity contribution is 9.11. The Kier molecular flexibility index (Phi) is 3.83. The van der Waals surface area contributed by atoms with E-state index >= 15 is 0 Å². The molecule has 0 aliphatic carbocycles. The zero-order valence-corrected chi connectivity index (χ0v) is 11.8. The third kappa shape index (κ3) is 3.07. The lowest BCUT2D eigenvalue weighted by atomic mass is 10.2. The molecule has 6 heteroatoms. The Morgan fingerprint density at radius 1 is 1.53 bits per heavy atom. The third-order valence-corrected chi connectivity index (χ3v) is 4.33. The predicted molar refractivity (Wildman–Crippen MR) is 69.9 cm³/mol. The molecule has 2 heterocycles. The van der Waals surface area contributed by atoms with Gasteiger partial charge in [0, 0.05) is 11.4 Å². The number of carbonyl (C=O) groups is 2. The number of rotatable bonds is 3. The van der Waals surface area contributed by atoms with E-state index in [1.165, 1.54) is 4.88 Å². The van der Waals surface area contributed by atoms with Crippen molar-refractivity contribution in [1.82, 2.24) is 10.2 Å². The quantitative estimate of drug-likeness (QED) is 0.916. The normalized spacial score (nSPS) is 20.6. The third-order valence-electron chi connectivity index (χ3n) is 2.65. The predicted octanol–water partition coefficient (Wildman–Crippen LogP) is 1.40. The average molecular weight is 317 g/mol. The van der Waals surface area contributed by atoms with Gasteiger partial charge in [-0.1, -0.05) is 0 Å². The topological polar surface area (TPSA) is 49.4 Å². The van der Waals surface area contributed by atoms with Crippen LogP contribution < -0.4 is 5.32 Å². The Bertz CT molecular complexity index is 446. The van der Waals surface area contributed by atoms with Crippen molar-refractivity contribution in [3.8, 4) is 0 Å². The van der Waals surface area contributed by atoms with Crippen LogP contribution in [0, 0.1) is 0 Å². The van der Waals surface area contributed by atoms with E-state index in [9.17, 15) is 9.59 Å². The Balaban J connectivity index is 1.94. The van der Waals surface area contributed by atoms with E-state index in [-0.39, 0.29) is 18.4 Å². The van der Waals surface area contributed by atoms with Gasteiger partial charge < -0.3 is 10.2 Å². The van der Waals surface area contributed by atoms with Gasteiger partial charge in [0.1, 0.15) is 6.04 Å². The number of hydrogen-bond acceptors (Lipinski definition) is 3. The number of halogens is 1. The Labute approximate surface area is 112 Å². The summed E-state index contributed by atoms with van der Waals surface area (Å²) in [5.41, 5.74) is 0. The van der Waals surface area contributed by atoms with Gasteiger partial charge in [-0.05, 0) is 41.4 Å². The summed E-state index contributed by atoms with van der Waals surface area (Å²) in [6, 6.07) is 3.63. The summed E-state index contributed by atoms with van der Waals surface area (Å²) in [5.74, 6) is -0.0790. The van der Waals surface area contributed by atoms with Crippen molar-refractivity contribution in [2.75, 3.05) is 13.1 Å². The Morgan fingerprint density at radius 2 is 2.29 bits per heavy atom. The minimum atomic E-state index is -0.397. The number of nitrogens with one attached hydrogen (secondary N) is 1. The lowest BCUT2D eigenvalue weighted by Gasteiger charge is -2.30. The monoisotopic (exact) mass is 316 g/mol. The molecule has 1 saturated heterocycles. The van der Waals surface area contributed by atoms with Gasteiger partial charge in [0.05, 0.1) is 10.3 Å². The second-order valence-electron chi connectivity index (χ2n) is 4.00. The van der Waals surface area contributed by atoms with Crippen molar-refractivity contribution in [3.63, 3.8) is 0 Å². The summed E-state index contributed by atoms with van der Waals surface area (Å²) in [5, 5.41) is 2.63. The van der Waals surface area contributed by atoms with Gasteiger partial charge in [-0.2, -0.15) is 0 Å². The average Bonchev–Trinajstić information content (AvgIpc) is 2.67. The fourth-order valence-corrected chi connectivity index (χ4v) is 3.27. The number of thiophene rings is 1. The maximum Gasteiger partial charge on any atom is 0.245 e. The molecule has 1 unspecified atom stereocenters. The first kappa shape index (κ1) is 12.6. The van der Waals surface area contributed by atoms with Crippen LogP contribution in [0.3, 0.4) is 0 Å². The van der Waals surface area contributed by atoms with E-state index in [0.29, 0.717) is 6.54 Å². The van der Waals surface area contributed by atoms with Crippen molar-refractivity contribution in [3.05, 3.63) is 20.8 Å². The van der Waals surface area contributed by atoms with Crippen molar-refractivity contribution < 1.29 is 9.59 Å². The first-order valence-electron chi connectivity index (χ1n) is 5.38. The minimum absolute atomic E-state index is 0.000205. The van der Waals surface area contributed by atoms with Gasteiger partial charge in [-0.3, -0.25) is 9.59 Å². The van der Waals surface area contributed by atoms with E-state index in [2.05, 4.69) is 21.2 Å². The van der Waals surface area contributed by atoms with Gasteiger partial charge in [0.2, 0.25) is 11.8 Å². The highest BCUT2D eigenvalue weighted by Crippen LogP contribution is 2.22. The molecular formula is C11H13BrN2O2S. The van der Waals surface area contributed by atoms with Gasteiger partial charge in [-0.15, -0.1) is 11.3 Å². The van der Waals surface area contributed by atoms with Gasteiger partial charge in [-0.25, -0.2) is 0 Å². The Hall–Kier alpha value is -0.880. The lowest BCUT2D eigenvalue weighted by molar-refractivity contribution is -0.143. The molecule has 1 aromatic heterocycles. The molecule has 4 nitrogen and oxygen atoms in total. The van der Waals surface area contributed by atoms with Crippen molar-refractivity contribution in [1.29, 1.82) is 0 Å². The molecule has 1 fully saturated rings. The molecule has 2 amide bonds. The maximum atomic E-state index is 11.8. The highest BCUT2D eigenvalue weighted by Gasteiger charge is 2.28. The zero-order valence-electron chi connectivity index (χ0n) is 9.40. The molecule has 1 atom stereocenters. The summed E-state index contributed by atoms with van der Waals surface area (Å²) in [4.78, 5) is 26.0. The van der Waals surface area contributed by atoms with Crippen LogP contribution in [0.15, 0.2) is 15.9 Å². The largest absolute Gasteiger partial charge is 0.343 e. The summed E-state index contributed by atoms with van der Waals surface area (Å²) >= 11 is 5.06. The van der Waals surface area contributed by atoms with Gasteiger partial charge in [0.15, 0.2) is 0 Å². The Morgan fingerprint density at radius 3 is 2.94 bits per heavy atom. The number of nitrogens with zero attached hydrogens (tertiary/aromatic N) is 1. The molecule has 17 heavy (non-hydrogen) atoms. The van der Waals surface area contributed by atoms with Crippen LogP contribution in [0.25, 0.3) is 0 Å². The molecule has 1 aliphatic rings. The summed E-state index contributed by atoms with van der Waals surface area (Å²) < 4.78 is 1.09. The van der Waals surface area contributed by atoms with E-state index in [1.54, 1.807) is 23.2 Å². The molecule has 92 valence electrons. The fraction of sp³-hybridized carbons (Fsp3) is 0.455. The molecule has 0 aromatic carbocycles. The van der Waals surface area contributed by atoms with Crippen LogP contribution in [0.4, 0.5) is 0 Å². The van der Waals surface area contributed by atoms with Crippen LogP contribution in [-0.4, -0.2) is 35.8 Å². The highest BCUT2D eigenvalue weighted by atomic mass is 79.9. The molecule has 1 N–H and O–H groups in total. The molecule has 0 radical (unpaired) electrons. The number of piperazine rings is 1. The van der Waals surface area contributed by atoms with E-state index in [1.807, 2.05) is 12.1 Å². The number of carbonyl (C=O) groups excluding carboxylic acids is 2. The molecule has 0 spiro atoms. The second kappa shape index (κ2) is 5.18. The van der Waals surface area contributed by atoms with Crippen molar-refractivity contribution in [2.24, 2.45) is 0 Å². The van der Waals surface area contributed by atoms with Crippen LogP contribution in [0.5, 0.6) is 0 Å². The molecule has 0 bridgehead atoms. The van der Waals surface area contributed by atoms with Crippen LogP contribution in [0.2, 0.25) is 0 Å². The molecule has 0 saturated carbocycles. The molecule has 1 aliphatic heterocycles. The fourth-order valence-electron chi connectivity index (χ4n) is 1.79. The van der Waals surface area contributed by atoms with Crippen LogP contribution in [-0.2, 0) is 16.0 Å². The summed E-state index contributed by atoms with van der Waals surface area (Å²) in [6.07, 6.45) is 0.794. The first-order chi connectivity index (χ1) is 8.06. The lowest BCUT2D eigenvalue weighted by Crippen LogP contribution is -2.57. The summed E-state index contributed by atoms with van der Waals surface area (Å²) in [6.45, 7) is 2.49. The number of hydrogen-bond donors (Lipinski definition) is 1. The maximum absolute atomic E-state index is 11.8. The van der Waals surface area contributed by atoms with Crippen molar-refractivity contribution >= 4 is 39.1 Å². The zero-order chi connectivity index (χ0) is 12.4. The van der Waals surface area contributed by atoms with Crippen molar-refractivity contribution in [2.45, 2.75) is 19.4 Å². The smallest absolute Gasteiger partial charge is 0.245 e. The second-order valence-corrected chi connectivity index (χ2v) is 6.55. The first-order valence-corrected chi connectivity index (χ1v) is 6.99. The number of amides is 2. The van der Waals surface area contributed by atoms with E-state index in [4.69, 9.17) is 0 Å².